The van der Waals surface area contributed by atoms with Gasteiger partial charge in [-0.1, -0.05) is 0 Å². The van der Waals surface area contributed by atoms with Gasteiger partial charge in [-0.3, -0.25) is 15.0 Å². The van der Waals surface area contributed by atoms with E-state index in [0.717, 1.165) is 19.6 Å². The standard InChI is InChI=1S/C12H15N2O3/c15-14(16)11-4-3-5-12(10-11)17-9-8-13-6-1-2-7-13/h3,5,10H,1-2,6-9H2. The van der Waals surface area contributed by atoms with Gasteiger partial charge in [0.25, 0.3) is 5.69 Å². The van der Waals surface area contributed by atoms with E-state index in [1.165, 1.54) is 25.0 Å². The lowest BCUT2D eigenvalue weighted by atomic mass is 10.3. The summed E-state index contributed by atoms with van der Waals surface area (Å²) in [5.41, 5.74) is -0.0522. The first-order valence-corrected chi connectivity index (χ1v) is 5.77. The zero-order chi connectivity index (χ0) is 12.1. The van der Waals surface area contributed by atoms with Crippen LogP contribution in [0.25, 0.3) is 0 Å². The third-order valence-electron chi connectivity index (χ3n) is 2.83. The highest BCUT2D eigenvalue weighted by atomic mass is 16.6. The van der Waals surface area contributed by atoms with Crippen LogP contribution < -0.4 is 4.74 Å². The Kier molecular flexibility index (Phi) is 3.93. The Balaban J connectivity index is 1.81. The van der Waals surface area contributed by atoms with Gasteiger partial charge in [0.15, 0.2) is 0 Å². The minimum absolute atomic E-state index is 0.0522. The van der Waals surface area contributed by atoms with Gasteiger partial charge >= 0.3 is 0 Å². The number of non-ortho nitro benzene ring substituents is 1. The van der Waals surface area contributed by atoms with Gasteiger partial charge in [-0.2, -0.15) is 0 Å². The van der Waals surface area contributed by atoms with Crippen molar-refractivity contribution in [3.63, 3.8) is 0 Å². The molecular formula is C12H15N2O3. The summed E-state index contributed by atoms with van der Waals surface area (Å²) in [5.74, 6) is 0.537. The van der Waals surface area contributed by atoms with Gasteiger partial charge in [0.1, 0.15) is 12.4 Å². The van der Waals surface area contributed by atoms with Gasteiger partial charge < -0.3 is 4.74 Å². The second-order valence-electron chi connectivity index (χ2n) is 4.06. The summed E-state index contributed by atoms with van der Waals surface area (Å²) in [4.78, 5) is 12.4. The average Bonchev–Trinajstić information content (AvgIpc) is 2.82. The zero-order valence-electron chi connectivity index (χ0n) is 9.59. The van der Waals surface area contributed by atoms with Crippen molar-refractivity contribution in [1.82, 2.24) is 4.90 Å². The molecular weight excluding hydrogens is 220 g/mol. The molecule has 0 aromatic heterocycles. The number of hydrogen-bond acceptors (Lipinski definition) is 4. The lowest BCUT2D eigenvalue weighted by Gasteiger charge is -2.14. The second-order valence-corrected chi connectivity index (χ2v) is 4.06. The fourth-order valence-corrected chi connectivity index (χ4v) is 1.93. The number of nitro benzene ring substituents is 1. The molecule has 17 heavy (non-hydrogen) atoms. The van der Waals surface area contributed by atoms with Crippen molar-refractivity contribution in [3.05, 3.63) is 34.4 Å². The van der Waals surface area contributed by atoms with Crippen LogP contribution in [0.4, 0.5) is 5.69 Å². The van der Waals surface area contributed by atoms with Gasteiger partial charge in [-0.15, -0.1) is 0 Å². The number of nitro groups is 1. The summed E-state index contributed by atoms with van der Waals surface area (Å²) < 4.78 is 5.49. The molecule has 1 radical (unpaired) electrons. The molecule has 1 aliphatic heterocycles. The maximum absolute atomic E-state index is 10.5. The Hall–Kier alpha value is -1.62. The fourth-order valence-electron chi connectivity index (χ4n) is 1.93. The molecule has 0 N–H and O–H groups in total. The Labute approximate surface area is 100 Å². The van der Waals surface area contributed by atoms with Crippen LogP contribution in [0, 0.1) is 16.2 Å². The summed E-state index contributed by atoms with van der Waals surface area (Å²) in [5, 5.41) is 10.5. The first kappa shape index (κ1) is 11.9. The number of nitrogens with zero attached hydrogens (tertiary/aromatic N) is 2. The number of ether oxygens (including phenoxy) is 1. The van der Waals surface area contributed by atoms with E-state index in [1.54, 1.807) is 6.07 Å². The van der Waals surface area contributed by atoms with Gasteiger partial charge in [-0.25, -0.2) is 0 Å². The lowest BCUT2D eigenvalue weighted by Crippen LogP contribution is -2.25. The van der Waals surface area contributed by atoms with E-state index < -0.39 is 4.92 Å². The van der Waals surface area contributed by atoms with E-state index >= 15 is 0 Å². The van der Waals surface area contributed by atoms with E-state index in [1.807, 2.05) is 0 Å². The smallest absolute Gasteiger partial charge is 0.281 e. The summed E-state index contributed by atoms with van der Waals surface area (Å²) in [6, 6.07) is 7.17. The SMILES string of the molecule is O=[N+]([O-])c1[c]ccc(OCCN2CCCC2)c1. The largest absolute Gasteiger partial charge is 0.492 e. The minimum Gasteiger partial charge on any atom is -0.492 e. The highest BCUT2D eigenvalue weighted by Crippen LogP contribution is 2.18. The Morgan fingerprint density at radius 3 is 2.94 bits per heavy atom. The third kappa shape index (κ3) is 3.42. The predicted octanol–water partition coefficient (Wildman–Crippen LogP) is 1.87. The molecule has 5 nitrogen and oxygen atoms in total. The van der Waals surface area contributed by atoms with Crippen LogP contribution in [-0.4, -0.2) is 36.1 Å². The second kappa shape index (κ2) is 5.63. The molecule has 91 valence electrons. The molecule has 1 fully saturated rings. The lowest BCUT2D eigenvalue weighted by molar-refractivity contribution is -0.385. The maximum atomic E-state index is 10.5. The van der Waals surface area contributed by atoms with Crippen molar-refractivity contribution >= 4 is 5.69 Å². The van der Waals surface area contributed by atoms with Crippen LogP contribution >= 0.6 is 0 Å². The van der Waals surface area contributed by atoms with Gasteiger partial charge in [0, 0.05) is 6.54 Å². The topological polar surface area (TPSA) is 55.6 Å². The Morgan fingerprint density at radius 1 is 1.47 bits per heavy atom. The molecule has 1 aliphatic rings. The molecule has 0 unspecified atom stereocenters. The molecule has 0 saturated carbocycles. The number of rotatable bonds is 5. The molecule has 0 aliphatic carbocycles. The van der Waals surface area contributed by atoms with E-state index in [9.17, 15) is 10.1 Å². The maximum Gasteiger partial charge on any atom is 0.281 e. The molecule has 1 saturated heterocycles. The molecule has 1 aromatic carbocycles. The van der Waals surface area contributed by atoms with Crippen molar-refractivity contribution < 1.29 is 9.66 Å². The third-order valence-corrected chi connectivity index (χ3v) is 2.83. The van der Waals surface area contributed by atoms with E-state index in [0.29, 0.717) is 12.4 Å². The summed E-state index contributed by atoms with van der Waals surface area (Å²) in [6.07, 6.45) is 2.51. The molecule has 1 aromatic rings. The first-order valence-electron chi connectivity index (χ1n) is 5.77. The van der Waals surface area contributed by atoms with Crippen molar-refractivity contribution in [2.24, 2.45) is 0 Å². The van der Waals surface area contributed by atoms with Crippen molar-refractivity contribution in [3.8, 4) is 5.75 Å². The highest BCUT2D eigenvalue weighted by molar-refractivity contribution is 5.36. The highest BCUT2D eigenvalue weighted by Gasteiger charge is 2.11. The molecule has 5 heteroatoms. The van der Waals surface area contributed by atoms with Gasteiger partial charge in [0.2, 0.25) is 0 Å². The Morgan fingerprint density at radius 2 is 2.24 bits per heavy atom. The monoisotopic (exact) mass is 235 g/mol. The molecule has 1 heterocycles. The van der Waals surface area contributed by atoms with E-state index in [-0.39, 0.29) is 5.69 Å². The van der Waals surface area contributed by atoms with E-state index in [2.05, 4.69) is 11.0 Å². The van der Waals surface area contributed by atoms with Crippen molar-refractivity contribution in [2.45, 2.75) is 12.8 Å². The van der Waals surface area contributed by atoms with Crippen molar-refractivity contribution in [2.75, 3.05) is 26.2 Å². The summed E-state index contributed by atoms with van der Waals surface area (Å²) >= 11 is 0. The Bertz CT molecular complexity index is 389. The molecule has 0 spiro atoms. The normalized spacial score (nSPS) is 16.0. The molecule has 0 atom stereocenters. The quantitative estimate of drug-likeness (QED) is 0.577. The summed E-state index contributed by atoms with van der Waals surface area (Å²) in [6.45, 7) is 3.71. The minimum atomic E-state index is -0.465. The van der Waals surface area contributed by atoms with Crippen LogP contribution in [0.1, 0.15) is 12.8 Å². The van der Waals surface area contributed by atoms with Crippen LogP contribution in [-0.2, 0) is 0 Å². The van der Waals surface area contributed by atoms with Crippen LogP contribution in [0.5, 0.6) is 5.75 Å². The van der Waals surface area contributed by atoms with Gasteiger partial charge in [-0.05, 0) is 38.1 Å². The fraction of sp³-hybridized carbons (Fsp3) is 0.500. The average molecular weight is 235 g/mol. The van der Waals surface area contributed by atoms with Crippen LogP contribution in [0.15, 0.2) is 18.2 Å². The molecule has 2 rings (SSSR count). The van der Waals surface area contributed by atoms with Crippen LogP contribution in [0.2, 0.25) is 0 Å². The molecule has 0 bridgehead atoms. The zero-order valence-corrected chi connectivity index (χ0v) is 9.59. The van der Waals surface area contributed by atoms with Crippen LogP contribution in [0.3, 0.4) is 0 Å². The first-order chi connectivity index (χ1) is 8.25. The number of likely N-dealkylation sites (tertiary alicyclic amines) is 1. The van der Waals surface area contributed by atoms with E-state index in [4.69, 9.17) is 4.74 Å². The van der Waals surface area contributed by atoms with Crippen molar-refractivity contribution in [1.29, 1.82) is 0 Å². The summed E-state index contributed by atoms with van der Waals surface area (Å²) in [7, 11) is 0. The predicted molar refractivity (Wildman–Crippen MR) is 63.1 cm³/mol. The number of benzene rings is 1. The number of hydrogen-bond donors (Lipinski definition) is 0. The van der Waals surface area contributed by atoms with Gasteiger partial charge in [0.05, 0.1) is 17.1 Å². The molecule has 0 amide bonds.